The first-order valence-corrected chi connectivity index (χ1v) is 10.9. The van der Waals surface area contributed by atoms with Crippen LogP contribution in [0.4, 0.5) is 4.39 Å². The van der Waals surface area contributed by atoms with Gasteiger partial charge in [0.05, 0.1) is 17.5 Å². The fraction of sp³-hybridized carbons (Fsp3) is 0.375. The van der Waals surface area contributed by atoms with Gasteiger partial charge in [0.2, 0.25) is 17.7 Å². The predicted molar refractivity (Wildman–Crippen MR) is 114 cm³/mol. The number of alkyl halides is 1. The van der Waals surface area contributed by atoms with E-state index in [-0.39, 0.29) is 30.2 Å². The van der Waals surface area contributed by atoms with E-state index in [1.54, 1.807) is 4.90 Å². The Hall–Kier alpha value is -2.73. The largest absolute Gasteiger partial charge is 0.335 e. The molecule has 160 valence electrons. The van der Waals surface area contributed by atoms with E-state index in [0.717, 1.165) is 16.7 Å². The number of hydrogen-bond acceptors (Lipinski definition) is 3. The van der Waals surface area contributed by atoms with Gasteiger partial charge in [-0.3, -0.25) is 19.7 Å². The Morgan fingerprint density at radius 1 is 1.10 bits per heavy atom. The molecule has 7 heteroatoms. The summed E-state index contributed by atoms with van der Waals surface area (Å²) < 4.78 is 14.4. The number of rotatable bonds is 4. The summed E-state index contributed by atoms with van der Waals surface area (Å²) in [6.07, 6.45) is 1.46. The molecule has 1 N–H and O–H groups in total. The van der Waals surface area contributed by atoms with E-state index in [0.29, 0.717) is 42.8 Å². The van der Waals surface area contributed by atoms with Gasteiger partial charge in [0, 0.05) is 24.4 Å². The molecule has 1 aliphatic carbocycles. The summed E-state index contributed by atoms with van der Waals surface area (Å²) in [6, 6.07) is 13.2. The first kappa shape index (κ1) is 20.2. The molecular weight excluding hydrogens is 419 g/mol. The van der Waals surface area contributed by atoms with Gasteiger partial charge in [-0.2, -0.15) is 0 Å². The first-order valence-electron chi connectivity index (χ1n) is 10.5. The molecule has 2 aromatic carbocycles. The van der Waals surface area contributed by atoms with Gasteiger partial charge < -0.3 is 4.90 Å². The minimum absolute atomic E-state index is 0.0450. The lowest BCUT2D eigenvalue weighted by atomic mass is 9.68. The molecule has 3 amide bonds. The molecule has 0 aromatic heterocycles. The number of nitrogens with one attached hydrogen (secondary N) is 1. The molecule has 1 saturated carbocycles. The second-order valence-corrected chi connectivity index (χ2v) is 9.24. The van der Waals surface area contributed by atoms with E-state index in [2.05, 4.69) is 5.32 Å². The van der Waals surface area contributed by atoms with Gasteiger partial charge in [-0.15, -0.1) is 0 Å². The Labute approximate surface area is 184 Å². The molecule has 4 fully saturated rings. The van der Waals surface area contributed by atoms with Crippen molar-refractivity contribution in [2.75, 3.05) is 6.54 Å². The van der Waals surface area contributed by atoms with Crippen molar-refractivity contribution >= 4 is 29.3 Å². The Kier molecular flexibility index (Phi) is 4.85. The van der Waals surface area contributed by atoms with Crippen LogP contribution in [-0.4, -0.2) is 34.8 Å². The molecule has 6 rings (SSSR count). The number of hydrogen-bond donors (Lipinski definition) is 1. The average Bonchev–Trinajstić information content (AvgIpc) is 2.71. The second-order valence-electron chi connectivity index (χ2n) is 8.86. The fourth-order valence-electron chi connectivity index (χ4n) is 4.98. The highest BCUT2D eigenvalue weighted by Gasteiger charge is 2.55. The molecule has 3 saturated heterocycles. The third-order valence-electron chi connectivity index (χ3n) is 6.64. The number of piperidine rings is 3. The average molecular weight is 441 g/mol. The van der Waals surface area contributed by atoms with E-state index in [1.165, 1.54) is 0 Å². The van der Waals surface area contributed by atoms with Crippen molar-refractivity contribution in [2.24, 2.45) is 5.92 Å². The summed E-state index contributed by atoms with van der Waals surface area (Å²) in [4.78, 5) is 37.7. The van der Waals surface area contributed by atoms with Gasteiger partial charge in [-0.1, -0.05) is 54.1 Å². The Bertz CT molecular complexity index is 1080. The molecule has 2 aromatic rings. The zero-order valence-electron chi connectivity index (χ0n) is 16.9. The van der Waals surface area contributed by atoms with Crippen LogP contribution in [0.5, 0.6) is 0 Å². The van der Waals surface area contributed by atoms with Gasteiger partial charge in [0.25, 0.3) is 0 Å². The third kappa shape index (κ3) is 3.63. The highest BCUT2D eigenvalue weighted by molar-refractivity contribution is 6.34. The Morgan fingerprint density at radius 3 is 2.55 bits per heavy atom. The maximum absolute atomic E-state index is 14.4. The summed E-state index contributed by atoms with van der Waals surface area (Å²) in [6.45, 7) is 0.565. The standard InChI is InChI=1S/C24H22ClFN2O3/c25-21-17(2-1-3-18(21)19-8-9-20(29)27-22(19)30)15-6-4-14(5-7-15)12-28-13-24(26)10-16(11-24)23(28)31/h1-7,16,19H,8-13H2,(H,27,29,30). The smallest absolute Gasteiger partial charge is 0.234 e. The zero-order chi connectivity index (χ0) is 21.8. The normalized spacial score (nSPS) is 27.7. The van der Waals surface area contributed by atoms with Gasteiger partial charge >= 0.3 is 0 Å². The van der Waals surface area contributed by atoms with Crippen LogP contribution in [0.1, 0.15) is 42.7 Å². The topological polar surface area (TPSA) is 66.5 Å². The number of halogens is 2. The van der Waals surface area contributed by atoms with Crippen molar-refractivity contribution in [3.63, 3.8) is 0 Å². The van der Waals surface area contributed by atoms with Crippen LogP contribution in [0, 0.1) is 5.92 Å². The maximum atomic E-state index is 14.4. The molecule has 3 heterocycles. The van der Waals surface area contributed by atoms with Crippen LogP contribution in [-0.2, 0) is 20.9 Å². The molecule has 1 unspecified atom stereocenters. The third-order valence-corrected chi connectivity index (χ3v) is 7.06. The van der Waals surface area contributed by atoms with Crippen LogP contribution >= 0.6 is 11.6 Å². The van der Waals surface area contributed by atoms with Crippen molar-refractivity contribution in [3.8, 4) is 11.1 Å². The van der Waals surface area contributed by atoms with Gasteiger partial charge in [-0.05, 0) is 36.0 Å². The molecule has 0 radical (unpaired) electrons. The maximum Gasteiger partial charge on any atom is 0.234 e. The van der Waals surface area contributed by atoms with E-state index in [4.69, 9.17) is 11.6 Å². The lowest BCUT2D eigenvalue weighted by Gasteiger charge is -2.50. The van der Waals surface area contributed by atoms with E-state index < -0.39 is 11.6 Å². The number of benzene rings is 2. The van der Waals surface area contributed by atoms with Crippen LogP contribution in [0.15, 0.2) is 42.5 Å². The van der Waals surface area contributed by atoms with Crippen molar-refractivity contribution in [1.82, 2.24) is 10.2 Å². The van der Waals surface area contributed by atoms with Crippen LogP contribution in [0.3, 0.4) is 0 Å². The Morgan fingerprint density at radius 2 is 1.84 bits per heavy atom. The number of imide groups is 1. The monoisotopic (exact) mass is 440 g/mol. The van der Waals surface area contributed by atoms with Crippen molar-refractivity contribution in [1.29, 1.82) is 0 Å². The summed E-state index contributed by atoms with van der Waals surface area (Å²) in [5, 5.41) is 2.87. The van der Waals surface area contributed by atoms with Crippen molar-refractivity contribution in [2.45, 2.75) is 43.8 Å². The quantitative estimate of drug-likeness (QED) is 0.731. The number of amides is 3. The summed E-state index contributed by atoms with van der Waals surface area (Å²) in [5.74, 6) is -1.14. The van der Waals surface area contributed by atoms with Crippen LogP contribution in [0.2, 0.25) is 5.02 Å². The minimum atomic E-state index is -1.21. The van der Waals surface area contributed by atoms with Crippen molar-refractivity contribution < 1.29 is 18.8 Å². The molecule has 0 spiro atoms. The SMILES string of the molecule is O=C1CCC(c2cccc(-c3ccc(CN4CC5(F)CC(C5)C4=O)cc3)c2Cl)C(=O)N1. The number of carbonyl (C=O) groups is 3. The highest BCUT2D eigenvalue weighted by atomic mass is 35.5. The van der Waals surface area contributed by atoms with E-state index >= 15 is 0 Å². The molecule has 4 aliphatic rings. The molecule has 1 atom stereocenters. The fourth-order valence-corrected chi connectivity index (χ4v) is 5.35. The molecular formula is C24H22ClFN2O3. The zero-order valence-corrected chi connectivity index (χ0v) is 17.6. The number of fused-ring (bicyclic) bond motifs is 2. The minimum Gasteiger partial charge on any atom is -0.335 e. The van der Waals surface area contributed by atoms with E-state index in [9.17, 15) is 18.8 Å². The number of nitrogens with zero attached hydrogens (tertiary/aromatic N) is 1. The van der Waals surface area contributed by atoms with Gasteiger partial charge in [0.15, 0.2) is 0 Å². The summed E-state index contributed by atoms with van der Waals surface area (Å²) >= 11 is 6.67. The van der Waals surface area contributed by atoms with Gasteiger partial charge in [-0.25, -0.2) is 4.39 Å². The summed E-state index contributed by atoms with van der Waals surface area (Å²) in [5.41, 5.74) is 2.12. The molecule has 2 bridgehead atoms. The lowest BCUT2D eigenvalue weighted by Crippen LogP contribution is -2.61. The first-order chi connectivity index (χ1) is 14.8. The Balaban J connectivity index is 1.35. The molecule has 5 nitrogen and oxygen atoms in total. The summed E-state index contributed by atoms with van der Waals surface area (Å²) in [7, 11) is 0. The second kappa shape index (κ2) is 7.45. The highest BCUT2D eigenvalue weighted by Crippen LogP contribution is 2.47. The predicted octanol–water partition coefficient (Wildman–Crippen LogP) is 3.99. The number of carbonyl (C=O) groups excluding carboxylic acids is 3. The van der Waals surface area contributed by atoms with Crippen LogP contribution in [0.25, 0.3) is 11.1 Å². The lowest BCUT2D eigenvalue weighted by molar-refractivity contribution is -0.163. The molecule has 31 heavy (non-hydrogen) atoms. The van der Waals surface area contributed by atoms with Crippen molar-refractivity contribution in [3.05, 3.63) is 58.6 Å². The van der Waals surface area contributed by atoms with E-state index in [1.807, 2.05) is 42.5 Å². The van der Waals surface area contributed by atoms with Crippen LogP contribution < -0.4 is 5.32 Å². The molecule has 3 aliphatic heterocycles. The van der Waals surface area contributed by atoms with Gasteiger partial charge in [0.1, 0.15) is 5.67 Å².